The van der Waals surface area contributed by atoms with Gasteiger partial charge in [0.05, 0.1) is 12.8 Å². The van der Waals surface area contributed by atoms with Crippen LogP contribution in [0.3, 0.4) is 0 Å². The zero-order valence-corrected chi connectivity index (χ0v) is 19.0. The van der Waals surface area contributed by atoms with E-state index in [2.05, 4.69) is 0 Å². The number of rotatable bonds is 6. The van der Waals surface area contributed by atoms with Crippen LogP contribution < -0.4 is 9.64 Å². The number of para-hydroxylation sites is 1. The Kier molecular flexibility index (Phi) is 6.30. The van der Waals surface area contributed by atoms with Crippen molar-refractivity contribution in [3.05, 3.63) is 78.4 Å². The molecule has 1 heterocycles. The van der Waals surface area contributed by atoms with E-state index in [-0.39, 0.29) is 22.1 Å². The van der Waals surface area contributed by atoms with Crippen LogP contribution in [-0.2, 0) is 10.0 Å². The van der Waals surface area contributed by atoms with Gasteiger partial charge >= 0.3 is 0 Å². The van der Waals surface area contributed by atoms with Gasteiger partial charge < -0.3 is 9.64 Å². The number of nitrogens with zero attached hydrogens (tertiary/aromatic N) is 2. The van der Waals surface area contributed by atoms with Gasteiger partial charge in [-0.05, 0) is 42.7 Å². The van der Waals surface area contributed by atoms with Gasteiger partial charge in [-0.15, -0.1) is 0 Å². The maximum atomic E-state index is 13.4. The SMILES string of the molecule is COc1ccc(C(=O)N(C)c2ccccc2-c2ccccc2)cc1S(=O)(=O)N1CCCC1. The van der Waals surface area contributed by atoms with Gasteiger partial charge in [-0.25, -0.2) is 8.42 Å². The lowest BCUT2D eigenvalue weighted by Crippen LogP contribution is -2.29. The largest absolute Gasteiger partial charge is 0.495 e. The molecular formula is C25H26N2O4S. The number of amides is 1. The number of ether oxygens (including phenoxy) is 1. The number of sulfonamides is 1. The molecule has 1 fully saturated rings. The molecule has 0 radical (unpaired) electrons. The average molecular weight is 451 g/mol. The highest BCUT2D eigenvalue weighted by Crippen LogP contribution is 2.33. The highest BCUT2D eigenvalue weighted by molar-refractivity contribution is 7.89. The van der Waals surface area contributed by atoms with Crippen LogP contribution in [0.25, 0.3) is 11.1 Å². The summed E-state index contributed by atoms with van der Waals surface area (Å²) in [5.41, 5.74) is 2.94. The fraction of sp³-hybridized carbons (Fsp3) is 0.240. The third-order valence-electron chi connectivity index (χ3n) is 5.75. The van der Waals surface area contributed by atoms with Crippen LogP contribution >= 0.6 is 0 Å². The molecule has 4 rings (SSSR count). The van der Waals surface area contributed by atoms with E-state index in [1.54, 1.807) is 24.1 Å². The first-order valence-corrected chi connectivity index (χ1v) is 12.0. The van der Waals surface area contributed by atoms with Crippen molar-refractivity contribution < 1.29 is 17.9 Å². The Balaban J connectivity index is 1.72. The quantitative estimate of drug-likeness (QED) is 0.558. The van der Waals surface area contributed by atoms with Crippen molar-refractivity contribution in [2.24, 2.45) is 0 Å². The van der Waals surface area contributed by atoms with E-state index in [1.165, 1.54) is 17.5 Å². The lowest BCUT2D eigenvalue weighted by Gasteiger charge is -2.22. The van der Waals surface area contributed by atoms with Gasteiger partial charge in [0.1, 0.15) is 10.6 Å². The second kappa shape index (κ2) is 9.14. The highest BCUT2D eigenvalue weighted by atomic mass is 32.2. The molecule has 0 saturated carbocycles. The van der Waals surface area contributed by atoms with Crippen molar-refractivity contribution in [3.63, 3.8) is 0 Å². The van der Waals surface area contributed by atoms with Crippen molar-refractivity contribution in [3.8, 4) is 16.9 Å². The number of hydrogen-bond donors (Lipinski definition) is 0. The van der Waals surface area contributed by atoms with Crippen LogP contribution in [0.15, 0.2) is 77.7 Å². The molecule has 7 heteroatoms. The summed E-state index contributed by atoms with van der Waals surface area (Å²) in [4.78, 5) is 15.0. The molecule has 0 bridgehead atoms. The molecule has 0 aromatic heterocycles. The van der Waals surface area contributed by atoms with Gasteiger partial charge in [0.15, 0.2) is 0 Å². The summed E-state index contributed by atoms with van der Waals surface area (Å²) in [5.74, 6) is -0.0605. The highest BCUT2D eigenvalue weighted by Gasteiger charge is 2.31. The lowest BCUT2D eigenvalue weighted by molar-refractivity contribution is 0.0993. The third-order valence-corrected chi connectivity index (χ3v) is 7.67. The molecule has 166 valence electrons. The Morgan fingerprint density at radius 1 is 0.938 bits per heavy atom. The minimum Gasteiger partial charge on any atom is -0.495 e. The molecule has 32 heavy (non-hydrogen) atoms. The van der Waals surface area contributed by atoms with Gasteiger partial charge in [0.2, 0.25) is 10.0 Å². The Hall–Kier alpha value is -3.16. The van der Waals surface area contributed by atoms with E-state index in [0.29, 0.717) is 13.1 Å². The Morgan fingerprint density at radius 2 is 1.59 bits per heavy atom. The van der Waals surface area contributed by atoms with Crippen LogP contribution in [0.2, 0.25) is 0 Å². The monoisotopic (exact) mass is 450 g/mol. The third kappa shape index (κ3) is 4.13. The Bertz CT molecular complexity index is 1220. The number of carbonyl (C=O) groups is 1. The van der Waals surface area contributed by atoms with Crippen LogP contribution in [0.1, 0.15) is 23.2 Å². The summed E-state index contributed by atoms with van der Waals surface area (Å²) in [6.07, 6.45) is 1.67. The number of methoxy groups -OCH3 is 1. The fourth-order valence-corrected chi connectivity index (χ4v) is 5.71. The standard InChI is InChI=1S/C25H26N2O4S/c1-26(22-13-7-6-12-21(22)19-10-4-3-5-11-19)25(28)20-14-15-23(31-2)24(18-20)32(29,30)27-16-8-9-17-27/h3-7,10-15,18H,8-9,16-17H2,1-2H3. The van der Waals surface area contributed by atoms with Crippen molar-refractivity contribution >= 4 is 21.6 Å². The predicted molar refractivity (Wildman–Crippen MR) is 126 cm³/mol. The minimum atomic E-state index is -3.74. The zero-order valence-electron chi connectivity index (χ0n) is 18.2. The van der Waals surface area contributed by atoms with Gasteiger partial charge in [-0.1, -0.05) is 48.5 Å². The van der Waals surface area contributed by atoms with Crippen LogP contribution in [0, 0.1) is 0 Å². The van der Waals surface area contributed by atoms with Crippen molar-refractivity contribution in [1.82, 2.24) is 4.31 Å². The van der Waals surface area contributed by atoms with Crippen LogP contribution in [0.5, 0.6) is 5.75 Å². The van der Waals surface area contributed by atoms with Gasteiger partial charge in [-0.2, -0.15) is 4.31 Å². The molecule has 1 saturated heterocycles. The van der Waals surface area contributed by atoms with Gasteiger partial charge in [0.25, 0.3) is 5.91 Å². The first-order valence-electron chi connectivity index (χ1n) is 10.5. The molecule has 0 N–H and O–H groups in total. The predicted octanol–water partition coefficient (Wildman–Crippen LogP) is 4.42. The van der Waals surface area contributed by atoms with E-state index in [9.17, 15) is 13.2 Å². The molecule has 1 aliphatic rings. The summed E-state index contributed by atoms with van der Waals surface area (Å²) >= 11 is 0. The lowest BCUT2D eigenvalue weighted by atomic mass is 10.0. The summed E-state index contributed by atoms with van der Waals surface area (Å²) in [6.45, 7) is 0.960. The maximum Gasteiger partial charge on any atom is 0.258 e. The van der Waals surface area contributed by atoms with Crippen molar-refractivity contribution in [2.45, 2.75) is 17.7 Å². The maximum absolute atomic E-state index is 13.4. The molecule has 1 amide bonds. The van der Waals surface area contributed by atoms with Crippen LogP contribution in [0.4, 0.5) is 5.69 Å². The average Bonchev–Trinajstić information content (AvgIpc) is 3.39. The van der Waals surface area contributed by atoms with Gasteiger partial charge in [-0.3, -0.25) is 4.79 Å². The molecule has 3 aromatic carbocycles. The van der Waals surface area contributed by atoms with E-state index in [1.807, 2.05) is 54.6 Å². The number of anilines is 1. The molecular weight excluding hydrogens is 424 g/mol. The molecule has 1 aliphatic heterocycles. The smallest absolute Gasteiger partial charge is 0.258 e. The Morgan fingerprint density at radius 3 is 2.28 bits per heavy atom. The fourth-order valence-electron chi connectivity index (χ4n) is 4.01. The number of hydrogen-bond acceptors (Lipinski definition) is 4. The molecule has 0 spiro atoms. The van der Waals surface area contributed by atoms with E-state index < -0.39 is 10.0 Å². The van der Waals surface area contributed by atoms with E-state index in [4.69, 9.17) is 4.74 Å². The minimum absolute atomic E-state index is 0.0255. The van der Waals surface area contributed by atoms with E-state index in [0.717, 1.165) is 29.7 Å². The first-order chi connectivity index (χ1) is 15.4. The topological polar surface area (TPSA) is 66.9 Å². The molecule has 0 atom stereocenters. The summed E-state index contributed by atoms with van der Waals surface area (Å²) in [6, 6.07) is 22.1. The summed E-state index contributed by atoms with van der Waals surface area (Å²) < 4.78 is 33.1. The van der Waals surface area contributed by atoms with Gasteiger partial charge in [0, 0.05) is 31.3 Å². The first kappa shape index (κ1) is 22.0. The molecule has 6 nitrogen and oxygen atoms in total. The van der Waals surface area contributed by atoms with Crippen LogP contribution in [-0.4, -0.2) is 45.9 Å². The molecule has 3 aromatic rings. The second-order valence-electron chi connectivity index (χ2n) is 7.72. The number of benzene rings is 3. The second-order valence-corrected chi connectivity index (χ2v) is 9.63. The van der Waals surface area contributed by atoms with E-state index >= 15 is 0 Å². The molecule has 0 aliphatic carbocycles. The van der Waals surface area contributed by atoms with Crippen molar-refractivity contribution in [2.75, 3.05) is 32.1 Å². The normalized spacial score (nSPS) is 14.3. The summed E-state index contributed by atoms with van der Waals surface area (Å²) in [7, 11) is -0.611. The Labute approximate surface area is 189 Å². The zero-order chi connectivity index (χ0) is 22.7. The molecule has 0 unspecified atom stereocenters. The summed E-state index contributed by atoms with van der Waals surface area (Å²) in [5, 5.41) is 0. The van der Waals surface area contributed by atoms with Crippen molar-refractivity contribution in [1.29, 1.82) is 0 Å². The number of carbonyl (C=O) groups excluding carboxylic acids is 1.